The summed E-state index contributed by atoms with van der Waals surface area (Å²) in [5.74, 6) is 1.46. The quantitative estimate of drug-likeness (QED) is 0.274. The van der Waals surface area contributed by atoms with Crippen LogP contribution in [0.15, 0.2) is 18.2 Å². The highest BCUT2D eigenvalue weighted by Gasteiger charge is 2.06. The van der Waals surface area contributed by atoms with Crippen molar-refractivity contribution in [3.63, 3.8) is 0 Å². The van der Waals surface area contributed by atoms with Gasteiger partial charge in [0.05, 0.1) is 13.7 Å². The Morgan fingerprint density at radius 1 is 1.33 bits per heavy atom. The largest absolute Gasteiger partial charge is 0.493 e. The first-order valence-electron chi connectivity index (χ1n) is 7.12. The van der Waals surface area contributed by atoms with E-state index in [-0.39, 0.29) is 5.11 Å². The van der Waals surface area contributed by atoms with E-state index < -0.39 is 0 Å². The number of unbranched alkanes of at least 4 members (excludes halogenated alkanes) is 3. The Balaban J connectivity index is 2.57. The van der Waals surface area contributed by atoms with Gasteiger partial charge in [0, 0.05) is 5.56 Å². The molecule has 0 heterocycles. The van der Waals surface area contributed by atoms with Crippen LogP contribution in [0.3, 0.4) is 0 Å². The van der Waals surface area contributed by atoms with E-state index >= 15 is 0 Å². The van der Waals surface area contributed by atoms with E-state index in [1.165, 1.54) is 19.3 Å². The van der Waals surface area contributed by atoms with E-state index in [1.807, 2.05) is 18.2 Å². The summed E-state index contributed by atoms with van der Waals surface area (Å²) in [5.41, 5.74) is 8.88. The number of hydrazine groups is 1. The molecule has 0 bridgehead atoms. The second-order valence-electron chi connectivity index (χ2n) is 4.60. The maximum atomic E-state index is 5.76. The summed E-state index contributed by atoms with van der Waals surface area (Å²) in [6.07, 6.45) is 6.47. The van der Waals surface area contributed by atoms with Crippen LogP contribution in [0, 0.1) is 0 Å². The summed E-state index contributed by atoms with van der Waals surface area (Å²) in [7, 11) is 1.63. The van der Waals surface area contributed by atoms with Crippen molar-refractivity contribution in [3.8, 4) is 11.5 Å². The average molecular weight is 310 g/mol. The molecule has 0 radical (unpaired) electrons. The van der Waals surface area contributed by atoms with Crippen LogP contribution in [0.2, 0.25) is 0 Å². The highest BCUT2D eigenvalue weighted by Crippen LogP contribution is 2.27. The predicted molar refractivity (Wildman–Crippen MR) is 88.7 cm³/mol. The van der Waals surface area contributed by atoms with Gasteiger partial charge in [0.1, 0.15) is 0 Å². The second kappa shape index (κ2) is 9.99. The van der Waals surface area contributed by atoms with Gasteiger partial charge in [0.2, 0.25) is 5.11 Å². The summed E-state index contributed by atoms with van der Waals surface area (Å²) in [6.45, 7) is 2.90. The van der Waals surface area contributed by atoms with Gasteiger partial charge < -0.3 is 15.2 Å². The molecule has 116 valence electrons. The van der Waals surface area contributed by atoms with Crippen molar-refractivity contribution in [1.82, 2.24) is 5.43 Å². The molecule has 0 spiro atoms. The van der Waals surface area contributed by atoms with Gasteiger partial charge in [-0.15, -0.1) is 10.5 Å². The first-order valence-corrected chi connectivity index (χ1v) is 7.53. The maximum Gasteiger partial charge on any atom is 0.221 e. The van der Waals surface area contributed by atoms with Crippen molar-refractivity contribution >= 4 is 23.5 Å². The molecule has 0 aliphatic carbocycles. The minimum Gasteiger partial charge on any atom is -0.493 e. The number of hydrogen-bond donors (Lipinski definition) is 3. The van der Waals surface area contributed by atoms with Crippen molar-refractivity contribution in [2.75, 3.05) is 13.7 Å². The first kappa shape index (κ1) is 17.2. The Hall–Kier alpha value is -1.82. The number of methoxy groups -OCH3 is 1. The molecule has 4 N–H and O–H groups in total. The number of nitrogens with one attached hydrogen (secondary N) is 2. The van der Waals surface area contributed by atoms with Crippen LogP contribution < -0.4 is 25.7 Å². The number of hydrogen-bond acceptors (Lipinski definition) is 3. The molecule has 0 amide bonds. The van der Waals surface area contributed by atoms with Gasteiger partial charge >= 0.3 is 0 Å². The fourth-order valence-corrected chi connectivity index (χ4v) is 1.85. The van der Waals surface area contributed by atoms with Crippen molar-refractivity contribution in [2.24, 2.45) is 5.73 Å². The highest BCUT2D eigenvalue weighted by molar-refractivity contribution is 7.80. The Bertz CT molecular complexity index is 478. The Morgan fingerprint density at radius 2 is 2.14 bits per heavy atom. The molecular weight excluding hydrogens is 286 g/mol. The molecule has 1 aromatic carbocycles. The molecule has 0 atom stereocenters. The molecule has 0 aliphatic heterocycles. The molecule has 0 unspecified atom stereocenters. The molecule has 1 rings (SSSR count). The van der Waals surface area contributed by atoms with Crippen LogP contribution in [0.5, 0.6) is 11.5 Å². The van der Waals surface area contributed by atoms with Gasteiger partial charge in [-0.2, -0.15) is 0 Å². The van der Waals surface area contributed by atoms with Gasteiger partial charge in [-0.3, -0.25) is 0 Å². The lowest BCUT2D eigenvalue weighted by molar-refractivity contribution is -0.499. The SMILES string of the molecule is CCCCCCOc1ccc(C=[NH+]NC(N)=S)cc1OC. The minimum absolute atomic E-state index is 0.185. The monoisotopic (exact) mass is 310 g/mol. The normalized spacial score (nSPS) is 10.6. The third-order valence-corrected chi connectivity index (χ3v) is 2.98. The van der Waals surface area contributed by atoms with E-state index in [1.54, 1.807) is 13.3 Å². The Kier molecular flexibility index (Phi) is 8.19. The van der Waals surface area contributed by atoms with E-state index in [2.05, 4.69) is 17.5 Å². The molecule has 0 aliphatic rings. The molecule has 0 saturated heterocycles. The molecule has 0 aromatic heterocycles. The first-order chi connectivity index (χ1) is 10.2. The van der Waals surface area contributed by atoms with Crippen LogP contribution in [0.4, 0.5) is 0 Å². The summed E-state index contributed by atoms with van der Waals surface area (Å²) in [4.78, 5) is 0. The van der Waals surface area contributed by atoms with E-state index in [0.717, 1.165) is 17.7 Å². The maximum absolute atomic E-state index is 5.76. The zero-order valence-corrected chi connectivity index (χ0v) is 13.5. The highest BCUT2D eigenvalue weighted by atomic mass is 32.1. The second-order valence-corrected chi connectivity index (χ2v) is 5.04. The Labute approximate surface area is 131 Å². The van der Waals surface area contributed by atoms with Crippen LogP contribution in [-0.2, 0) is 0 Å². The van der Waals surface area contributed by atoms with Gasteiger partial charge in [-0.1, -0.05) is 26.2 Å². The van der Waals surface area contributed by atoms with Crippen molar-refractivity contribution in [2.45, 2.75) is 32.6 Å². The lowest BCUT2D eigenvalue weighted by atomic mass is 10.2. The van der Waals surface area contributed by atoms with Crippen LogP contribution in [0.25, 0.3) is 0 Å². The molecule has 5 nitrogen and oxygen atoms in total. The molecule has 0 fully saturated rings. The number of hydrazone groups is 1. The predicted octanol–water partition coefficient (Wildman–Crippen LogP) is 0.902. The Morgan fingerprint density at radius 3 is 2.81 bits per heavy atom. The third-order valence-electron chi connectivity index (χ3n) is 2.88. The minimum atomic E-state index is 0.185. The third kappa shape index (κ3) is 6.94. The zero-order valence-electron chi connectivity index (χ0n) is 12.6. The molecular formula is C15H24N3O2S+. The van der Waals surface area contributed by atoms with Gasteiger partial charge in [-0.05, 0) is 36.8 Å². The number of ether oxygens (including phenoxy) is 2. The summed E-state index contributed by atoms with van der Waals surface area (Å²) >= 11 is 4.70. The van der Waals surface area contributed by atoms with E-state index in [9.17, 15) is 0 Å². The molecule has 21 heavy (non-hydrogen) atoms. The van der Waals surface area contributed by atoms with Gasteiger partial charge in [0.25, 0.3) is 0 Å². The topological polar surface area (TPSA) is 70.5 Å². The van der Waals surface area contributed by atoms with Crippen molar-refractivity contribution < 1.29 is 14.6 Å². The summed E-state index contributed by atoms with van der Waals surface area (Å²) < 4.78 is 11.1. The fraction of sp³-hybridized carbons (Fsp3) is 0.467. The standard InChI is InChI=1S/C15H23N3O2S/c1-3-4-5-6-9-20-13-8-7-12(10-14(13)19-2)11-17-18-15(16)21/h7-8,10-11H,3-6,9H2,1-2H3,(H3,16,18,21)/p+1. The molecule has 6 heteroatoms. The smallest absolute Gasteiger partial charge is 0.221 e. The van der Waals surface area contributed by atoms with Crippen LogP contribution >= 0.6 is 12.2 Å². The van der Waals surface area contributed by atoms with Crippen molar-refractivity contribution in [3.05, 3.63) is 23.8 Å². The van der Waals surface area contributed by atoms with Crippen LogP contribution in [-0.4, -0.2) is 25.0 Å². The number of benzene rings is 1. The lowest BCUT2D eigenvalue weighted by Gasteiger charge is -2.10. The summed E-state index contributed by atoms with van der Waals surface area (Å²) in [5, 5.41) is 2.99. The molecule has 0 saturated carbocycles. The average Bonchev–Trinajstić information content (AvgIpc) is 2.47. The van der Waals surface area contributed by atoms with E-state index in [0.29, 0.717) is 12.4 Å². The number of nitrogens with two attached hydrogens (primary N) is 1. The fourth-order valence-electron chi connectivity index (χ4n) is 1.79. The van der Waals surface area contributed by atoms with E-state index in [4.69, 9.17) is 27.4 Å². The summed E-state index contributed by atoms with van der Waals surface area (Å²) in [6, 6.07) is 5.71. The van der Waals surface area contributed by atoms with Gasteiger partial charge in [-0.25, -0.2) is 0 Å². The number of thiocarbonyl (C=S) groups is 1. The lowest BCUT2D eigenvalue weighted by Crippen LogP contribution is -2.82. The zero-order chi connectivity index (χ0) is 15.5. The van der Waals surface area contributed by atoms with Crippen LogP contribution in [0.1, 0.15) is 38.2 Å². The van der Waals surface area contributed by atoms with Crippen molar-refractivity contribution in [1.29, 1.82) is 0 Å². The number of rotatable bonds is 9. The van der Waals surface area contributed by atoms with Gasteiger partial charge in [0.15, 0.2) is 17.7 Å². The molecule has 1 aromatic rings.